The predicted molar refractivity (Wildman–Crippen MR) is 73.2 cm³/mol. The monoisotopic (exact) mass is 287 g/mol. The van der Waals surface area contributed by atoms with Gasteiger partial charge < -0.3 is 4.74 Å². The van der Waals surface area contributed by atoms with E-state index >= 15 is 0 Å². The lowest BCUT2D eigenvalue weighted by molar-refractivity contribution is 0.0730. The molecule has 1 aromatic rings. The van der Waals surface area contributed by atoms with Crippen molar-refractivity contribution < 1.29 is 13.2 Å². The van der Waals surface area contributed by atoms with Crippen molar-refractivity contribution in [3.63, 3.8) is 0 Å². The topological polar surface area (TPSA) is 46.6 Å². The van der Waals surface area contributed by atoms with Gasteiger partial charge in [-0.3, -0.25) is 0 Å². The molecule has 0 N–H and O–H groups in total. The Kier molecular flexibility index (Phi) is 4.66. The molecule has 18 heavy (non-hydrogen) atoms. The summed E-state index contributed by atoms with van der Waals surface area (Å²) in [4.78, 5) is 0.385. The minimum absolute atomic E-state index is 0.385. The maximum absolute atomic E-state index is 12.4. The van der Waals surface area contributed by atoms with E-state index in [0.29, 0.717) is 31.2 Å². The van der Waals surface area contributed by atoms with Crippen LogP contribution in [0, 0.1) is 0 Å². The van der Waals surface area contributed by atoms with Crippen LogP contribution in [0.1, 0.15) is 5.56 Å². The van der Waals surface area contributed by atoms with Gasteiger partial charge in [-0.15, -0.1) is 0 Å². The molecular formula is C12H17NO3S2. The molecule has 1 aromatic carbocycles. The van der Waals surface area contributed by atoms with Gasteiger partial charge >= 0.3 is 0 Å². The minimum atomic E-state index is -3.36. The van der Waals surface area contributed by atoms with Crippen LogP contribution in [0.3, 0.4) is 0 Å². The normalized spacial score (nSPS) is 17.8. The third kappa shape index (κ3) is 3.06. The number of thioether (sulfide) groups is 1. The summed E-state index contributed by atoms with van der Waals surface area (Å²) in [6.07, 6.45) is 2.00. The van der Waals surface area contributed by atoms with Gasteiger partial charge in [-0.05, 0) is 24.0 Å². The largest absolute Gasteiger partial charge is 0.379 e. The number of ether oxygens (including phenoxy) is 1. The number of hydrogen-bond donors (Lipinski definition) is 0. The molecule has 1 aliphatic heterocycles. The zero-order valence-electron chi connectivity index (χ0n) is 10.3. The summed E-state index contributed by atoms with van der Waals surface area (Å²) >= 11 is 1.68. The standard InChI is InChI=1S/C12H17NO3S2/c1-17-10-11-3-2-4-12(9-11)18(14,15)13-5-7-16-8-6-13/h2-4,9H,5-8,10H2,1H3. The van der Waals surface area contributed by atoms with Crippen molar-refractivity contribution in [2.75, 3.05) is 32.6 Å². The van der Waals surface area contributed by atoms with Crippen LogP contribution >= 0.6 is 11.8 Å². The average Bonchev–Trinajstić information content (AvgIpc) is 2.40. The van der Waals surface area contributed by atoms with Gasteiger partial charge in [0.1, 0.15) is 0 Å². The van der Waals surface area contributed by atoms with Crippen LogP contribution in [0.4, 0.5) is 0 Å². The molecule has 0 unspecified atom stereocenters. The molecular weight excluding hydrogens is 270 g/mol. The Morgan fingerprint density at radius 3 is 2.72 bits per heavy atom. The van der Waals surface area contributed by atoms with Crippen LogP contribution in [-0.2, 0) is 20.5 Å². The zero-order chi connectivity index (χ0) is 13.0. The fraction of sp³-hybridized carbons (Fsp3) is 0.500. The fourth-order valence-corrected chi connectivity index (χ4v) is 3.89. The van der Waals surface area contributed by atoms with Gasteiger partial charge in [-0.25, -0.2) is 8.42 Å². The van der Waals surface area contributed by atoms with E-state index in [2.05, 4.69) is 0 Å². The van der Waals surface area contributed by atoms with E-state index in [1.54, 1.807) is 30.0 Å². The highest BCUT2D eigenvalue weighted by Crippen LogP contribution is 2.19. The molecule has 1 fully saturated rings. The van der Waals surface area contributed by atoms with Crippen LogP contribution in [-0.4, -0.2) is 45.3 Å². The van der Waals surface area contributed by atoms with Gasteiger partial charge in [-0.1, -0.05) is 12.1 Å². The predicted octanol–water partition coefficient (Wildman–Crippen LogP) is 1.57. The van der Waals surface area contributed by atoms with E-state index in [9.17, 15) is 8.42 Å². The maximum atomic E-state index is 12.4. The summed E-state index contributed by atoms with van der Waals surface area (Å²) in [5, 5.41) is 0. The number of hydrogen-bond acceptors (Lipinski definition) is 4. The van der Waals surface area contributed by atoms with E-state index in [1.807, 2.05) is 12.3 Å². The van der Waals surface area contributed by atoms with E-state index in [-0.39, 0.29) is 0 Å². The van der Waals surface area contributed by atoms with Gasteiger partial charge in [0.2, 0.25) is 10.0 Å². The highest BCUT2D eigenvalue weighted by Gasteiger charge is 2.26. The second kappa shape index (κ2) is 6.06. The molecule has 6 heteroatoms. The van der Waals surface area contributed by atoms with E-state index in [1.165, 1.54) is 4.31 Å². The van der Waals surface area contributed by atoms with Gasteiger partial charge in [0.05, 0.1) is 18.1 Å². The molecule has 0 bridgehead atoms. The average molecular weight is 287 g/mol. The van der Waals surface area contributed by atoms with Crippen LogP contribution in [0.15, 0.2) is 29.2 Å². The molecule has 100 valence electrons. The first-order valence-corrected chi connectivity index (χ1v) is 8.64. The highest BCUT2D eigenvalue weighted by atomic mass is 32.2. The van der Waals surface area contributed by atoms with E-state index in [0.717, 1.165) is 11.3 Å². The second-order valence-electron chi connectivity index (χ2n) is 4.10. The molecule has 1 aliphatic rings. The van der Waals surface area contributed by atoms with Crippen molar-refractivity contribution in [1.29, 1.82) is 0 Å². The van der Waals surface area contributed by atoms with Gasteiger partial charge in [0.25, 0.3) is 0 Å². The van der Waals surface area contributed by atoms with Gasteiger partial charge in [0.15, 0.2) is 0 Å². The molecule has 0 aliphatic carbocycles. The lowest BCUT2D eigenvalue weighted by atomic mass is 10.2. The molecule has 1 saturated heterocycles. The Morgan fingerprint density at radius 1 is 1.33 bits per heavy atom. The van der Waals surface area contributed by atoms with Crippen LogP contribution in [0.5, 0.6) is 0 Å². The van der Waals surface area contributed by atoms with Crippen molar-refractivity contribution in [2.24, 2.45) is 0 Å². The molecule has 2 rings (SSSR count). The van der Waals surface area contributed by atoms with Crippen molar-refractivity contribution in [1.82, 2.24) is 4.31 Å². The van der Waals surface area contributed by atoms with Crippen LogP contribution < -0.4 is 0 Å². The van der Waals surface area contributed by atoms with Crippen molar-refractivity contribution >= 4 is 21.8 Å². The number of nitrogens with zero attached hydrogens (tertiary/aromatic N) is 1. The van der Waals surface area contributed by atoms with Crippen LogP contribution in [0.2, 0.25) is 0 Å². The maximum Gasteiger partial charge on any atom is 0.243 e. The first-order chi connectivity index (χ1) is 8.64. The van der Waals surface area contributed by atoms with Gasteiger partial charge in [0, 0.05) is 18.8 Å². The van der Waals surface area contributed by atoms with Crippen molar-refractivity contribution in [3.8, 4) is 0 Å². The highest BCUT2D eigenvalue weighted by molar-refractivity contribution is 7.97. The van der Waals surface area contributed by atoms with Crippen molar-refractivity contribution in [3.05, 3.63) is 29.8 Å². The summed E-state index contributed by atoms with van der Waals surface area (Å²) in [6, 6.07) is 7.18. The first kappa shape index (κ1) is 13.9. The number of rotatable bonds is 4. The molecule has 0 atom stereocenters. The molecule has 0 saturated carbocycles. The first-order valence-electron chi connectivity index (χ1n) is 5.80. The number of morpholine rings is 1. The zero-order valence-corrected chi connectivity index (χ0v) is 12.0. The minimum Gasteiger partial charge on any atom is -0.379 e. The third-order valence-corrected chi connectivity index (χ3v) is 5.33. The second-order valence-corrected chi connectivity index (χ2v) is 6.90. The molecule has 0 aromatic heterocycles. The quantitative estimate of drug-likeness (QED) is 0.843. The molecule has 1 heterocycles. The Bertz CT molecular complexity index is 496. The Labute approximate surface area is 112 Å². The molecule has 0 radical (unpaired) electrons. The summed E-state index contributed by atoms with van der Waals surface area (Å²) in [5.41, 5.74) is 1.04. The molecule has 0 amide bonds. The molecule has 4 nitrogen and oxygen atoms in total. The summed E-state index contributed by atoms with van der Waals surface area (Å²) in [6.45, 7) is 1.83. The van der Waals surface area contributed by atoms with E-state index < -0.39 is 10.0 Å². The lowest BCUT2D eigenvalue weighted by Gasteiger charge is -2.26. The summed E-state index contributed by atoms with van der Waals surface area (Å²) in [5.74, 6) is 0.826. The smallest absolute Gasteiger partial charge is 0.243 e. The number of sulfonamides is 1. The Hall–Kier alpha value is -0.560. The summed E-state index contributed by atoms with van der Waals surface area (Å²) < 4.78 is 31.5. The van der Waals surface area contributed by atoms with Crippen LogP contribution in [0.25, 0.3) is 0 Å². The third-order valence-electron chi connectivity index (χ3n) is 2.82. The Balaban J connectivity index is 2.25. The molecule has 0 spiro atoms. The Morgan fingerprint density at radius 2 is 2.06 bits per heavy atom. The fourth-order valence-electron chi connectivity index (χ4n) is 1.90. The van der Waals surface area contributed by atoms with Crippen molar-refractivity contribution in [2.45, 2.75) is 10.6 Å². The number of benzene rings is 1. The summed E-state index contributed by atoms with van der Waals surface area (Å²) in [7, 11) is -3.36. The van der Waals surface area contributed by atoms with Gasteiger partial charge in [-0.2, -0.15) is 16.1 Å². The van der Waals surface area contributed by atoms with E-state index in [4.69, 9.17) is 4.74 Å². The SMILES string of the molecule is CSCc1cccc(S(=O)(=O)N2CCOCC2)c1. The lowest BCUT2D eigenvalue weighted by Crippen LogP contribution is -2.40.